The van der Waals surface area contributed by atoms with Crippen LogP contribution in [0.4, 0.5) is 10.1 Å². The fourth-order valence-electron chi connectivity index (χ4n) is 0.900. The maximum Gasteiger partial charge on any atom is 0.316 e. The Labute approximate surface area is 73.0 Å². The first kappa shape index (κ1) is 9.40. The van der Waals surface area contributed by atoms with Crippen molar-refractivity contribution < 1.29 is 14.2 Å². The second-order valence-electron chi connectivity index (χ2n) is 2.42. The van der Waals surface area contributed by atoms with E-state index in [1.54, 1.807) is 0 Å². The second-order valence-corrected chi connectivity index (χ2v) is 2.42. The van der Waals surface area contributed by atoms with Crippen LogP contribution >= 0.6 is 0 Å². The third-order valence-corrected chi connectivity index (χ3v) is 1.58. The van der Waals surface area contributed by atoms with E-state index in [2.05, 4.69) is 4.84 Å². The average molecular weight is 186 g/mol. The number of aryl methyl sites for hydroxylation is 1. The van der Waals surface area contributed by atoms with E-state index in [1.807, 2.05) is 0 Å². The highest BCUT2D eigenvalue weighted by atomic mass is 19.1. The lowest BCUT2D eigenvalue weighted by atomic mass is 10.2. The minimum Gasteiger partial charge on any atom is -0.401 e. The van der Waals surface area contributed by atoms with E-state index >= 15 is 0 Å². The van der Waals surface area contributed by atoms with Gasteiger partial charge in [0.25, 0.3) is 5.75 Å². The number of nitro benzene ring substituents is 1. The highest BCUT2D eigenvalue weighted by Gasteiger charge is 2.20. The van der Waals surface area contributed by atoms with Crippen molar-refractivity contribution in [3.05, 3.63) is 33.6 Å². The van der Waals surface area contributed by atoms with Crippen LogP contribution in [0.1, 0.15) is 5.56 Å². The summed E-state index contributed by atoms with van der Waals surface area (Å²) in [5.41, 5.74) is -0.239. The summed E-state index contributed by atoms with van der Waals surface area (Å²) in [7, 11) is 0. The van der Waals surface area contributed by atoms with Crippen LogP contribution in [0.5, 0.6) is 5.75 Å². The molecule has 0 bridgehead atoms. The molecule has 6 heteroatoms. The Bertz CT molecular complexity index is 354. The molecule has 5 nitrogen and oxygen atoms in total. The van der Waals surface area contributed by atoms with Crippen LogP contribution in [-0.2, 0) is 0 Å². The van der Waals surface area contributed by atoms with Crippen molar-refractivity contribution in [3.8, 4) is 5.75 Å². The van der Waals surface area contributed by atoms with E-state index in [4.69, 9.17) is 5.90 Å². The number of hydrogen-bond donors (Lipinski definition) is 1. The predicted octanol–water partition coefficient (Wildman–Crippen LogP) is 1.29. The standard InChI is InChI=1S/C7H7FN2O3/c1-4-2-3-5(10(11)12)7(13-9)6(4)8/h2-3H,9H2,1H3. The first-order chi connectivity index (χ1) is 6.07. The Balaban J connectivity index is 3.38. The van der Waals surface area contributed by atoms with Gasteiger partial charge >= 0.3 is 5.69 Å². The van der Waals surface area contributed by atoms with E-state index in [-0.39, 0.29) is 5.56 Å². The molecule has 13 heavy (non-hydrogen) atoms. The molecule has 1 aromatic carbocycles. The van der Waals surface area contributed by atoms with Gasteiger partial charge in [0, 0.05) is 6.07 Å². The fourth-order valence-corrected chi connectivity index (χ4v) is 0.900. The topological polar surface area (TPSA) is 78.4 Å². The van der Waals surface area contributed by atoms with Gasteiger partial charge in [-0.1, -0.05) is 0 Å². The molecule has 0 heterocycles. The highest BCUT2D eigenvalue weighted by Crippen LogP contribution is 2.30. The summed E-state index contributed by atoms with van der Waals surface area (Å²) in [4.78, 5) is 13.7. The third-order valence-electron chi connectivity index (χ3n) is 1.58. The SMILES string of the molecule is Cc1ccc([N+](=O)[O-])c(ON)c1F. The van der Waals surface area contributed by atoms with Crippen LogP contribution in [0.25, 0.3) is 0 Å². The molecule has 0 aliphatic rings. The number of hydrogen-bond acceptors (Lipinski definition) is 4. The van der Waals surface area contributed by atoms with Gasteiger partial charge in [0.2, 0.25) is 0 Å². The maximum atomic E-state index is 13.1. The number of nitrogens with two attached hydrogens (primary N) is 1. The second kappa shape index (κ2) is 3.36. The van der Waals surface area contributed by atoms with Crippen molar-refractivity contribution >= 4 is 5.69 Å². The number of nitrogens with zero attached hydrogens (tertiary/aromatic N) is 1. The van der Waals surface area contributed by atoms with Gasteiger partial charge in [-0.25, -0.2) is 4.39 Å². The first-order valence-electron chi connectivity index (χ1n) is 3.38. The summed E-state index contributed by atoms with van der Waals surface area (Å²) in [6, 6.07) is 2.43. The molecule has 0 aromatic heterocycles. The zero-order valence-electron chi connectivity index (χ0n) is 6.78. The Hall–Kier alpha value is -1.69. The summed E-state index contributed by atoms with van der Waals surface area (Å²) in [5.74, 6) is 3.37. The lowest BCUT2D eigenvalue weighted by Gasteiger charge is -2.03. The van der Waals surface area contributed by atoms with Crippen LogP contribution in [0.2, 0.25) is 0 Å². The molecule has 0 saturated heterocycles. The third kappa shape index (κ3) is 1.57. The van der Waals surface area contributed by atoms with Crippen LogP contribution in [0.15, 0.2) is 12.1 Å². The molecule has 0 unspecified atom stereocenters. The van der Waals surface area contributed by atoms with Crippen molar-refractivity contribution in [2.45, 2.75) is 6.92 Å². The van der Waals surface area contributed by atoms with Crippen LogP contribution < -0.4 is 10.7 Å². The Morgan fingerprint density at radius 3 is 2.69 bits per heavy atom. The van der Waals surface area contributed by atoms with Gasteiger partial charge in [-0.3, -0.25) is 10.1 Å². The lowest BCUT2D eigenvalue weighted by molar-refractivity contribution is -0.386. The van der Waals surface area contributed by atoms with E-state index in [0.29, 0.717) is 0 Å². The molecule has 2 N–H and O–H groups in total. The van der Waals surface area contributed by atoms with Crippen molar-refractivity contribution in [1.82, 2.24) is 0 Å². The number of nitro groups is 1. The van der Waals surface area contributed by atoms with Crippen LogP contribution in [0.3, 0.4) is 0 Å². The average Bonchev–Trinajstić information content (AvgIpc) is 2.09. The van der Waals surface area contributed by atoms with E-state index < -0.39 is 22.2 Å². The first-order valence-corrected chi connectivity index (χ1v) is 3.38. The van der Waals surface area contributed by atoms with E-state index in [1.165, 1.54) is 13.0 Å². The van der Waals surface area contributed by atoms with Gasteiger partial charge in [-0.15, -0.1) is 0 Å². The van der Waals surface area contributed by atoms with Gasteiger partial charge < -0.3 is 4.84 Å². The molecule has 0 aliphatic carbocycles. The molecule has 70 valence electrons. The van der Waals surface area contributed by atoms with Gasteiger partial charge in [-0.2, -0.15) is 5.90 Å². The lowest BCUT2D eigenvalue weighted by Crippen LogP contribution is -2.07. The van der Waals surface area contributed by atoms with Crippen LogP contribution in [0, 0.1) is 22.9 Å². The normalized spacial score (nSPS) is 9.77. The quantitative estimate of drug-likeness (QED) is 0.557. The molecule has 0 spiro atoms. The molecule has 1 rings (SSSR count). The zero-order chi connectivity index (χ0) is 10.0. The summed E-state index contributed by atoms with van der Waals surface area (Å²) in [6.07, 6.45) is 0. The molecule has 0 amide bonds. The van der Waals surface area contributed by atoms with Crippen molar-refractivity contribution in [3.63, 3.8) is 0 Å². The smallest absolute Gasteiger partial charge is 0.316 e. The largest absolute Gasteiger partial charge is 0.401 e. The minimum atomic E-state index is -0.809. The highest BCUT2D eigenvalue weighted by molar-refractivity contribution is 5.49. The molecule has 0 radical (unpaired) electrons. The monoisotopic (exact) mass is 186 g/mol. The molecule has 0 saturated carbocycles. The molecule has 0 fully saturated rings. The van der Waals surface area contributed by atoms with Gasteiger partial charge in [-0.05, 0) is 18.6 Å². The number of halogens is 1. The van der Waals surface area contributed by atoms with E-state index in [9.17, 15) is 14.5 Å². The van der Waals surface area contributed by atoms with Crippen molar-refractivity contribution in [1.29, 1.82) is 0 Å². The molecule has 0 aliphatic heterocycles. The zero-order valence-corrected chi connectivity index (χ0v) is 6.78. The maximum absolute atomic E-state index is 13.1. The molecule has 1 aromatic rings. The Kier molecular flexibility index (Phi) is 2.43. The molecular weight excluding hydrogens is 179 g/mol. The molecular formula is C7H7FN2O3. The fraction of sp³-hybridized carbons (Fsp3) is 0.143. The minimum absolute atomic E-state index is 0.242. The summed E-state index contributed by atoms with van der Waals surface area (Å²) in [6.45, 7) is 1.46. The van der Waals surface area contributed by atoms with Gasteiger partial charge in [0.15, 0.2) is 5.82 Å². The van der Waals surface area contributed by atoms with Crippen LogP contribution in [-0.4, -0.2) is 4.92 Å². The Morgan fingerprint density at radius 2 is 2.23 bits per heavy atom. The summed E-state index contributed by atoms with van der Waals surface area (Å²) >= 11 is 0. The van der Waals surface area contributed by atoms with Gasteiger partial charge in [0.1, 0.15) is 0 Å². The summed E-state index contributed by atoms with van der Waals surface area (Å²) in [5, 5.41) is 10.3. The predicted molar refractivity (Wildman–Crippen MR) is 42.6 cm³/mol. The number of rotatable bonds is 2. The van der Waals surface area contributed by atoms with Crippen molar-refractivity contribution in [2.75, 3.05) is 0 Å². The van der Waals surface area contributed by atoms with Gasteiger partial charge in [0.05, 0.1) is 4.92 Å². The molecule has 0 atom stereocenters. The van der Waals surface area contributed by atoms with E-state index in [0.717, 1.165) is 6.07 Å². The number of benzene rings is 1. The van der Waals surface area contributed by atoms with Crippen molar-refractivity contribution in [2.24, 2.45) is 5.90 Å². The summed E-state index contributed by atoms with van der Waals surface area (Å²) < 4.78 is 13.1. The Morgan fingerprint density at radius 1 is 1.62 bits per heavy atom.